The van der Waals surface area contributed by atoms with Crippen molar-refractivity contribution in [3.63, 3.8) is 0 Å². The molecule has 126 valence electrons. The highest BCUT2D eigenvalue weighted by Crippen LogP contribution is 2.23. The summed E-state index contributed by atoms with van der Waals surface area (Å²) in [6, 6.07) is 26.2. The molecule has 0 unspecified atom stereocenters. The normalized spacial score (nSPS) is 11.6. The molecule has 1 atom stereocenters. The molecule has 0 amide bonds. The molecule has 3 rings (SSSR count). The van der Waals surface area contributed by atoms with Crippen LogP contribution in [-0.4, -0.2) is 5.11 Å². The van der Waals surface area contributed by atoms with E-state index >= 15 is 0 Å². The van der Waals surface area contributed by atoms with Crippen LogP contribution in [0.15, 0.2) is 78.9 Å². The second kappa shape index (κ2) is 8.15. The fourth-order valence-electron chi connectivity index (χ4n) is 2.69. The van der Waals surface area contributed by atoms with E-state index in [0.29, 0.717) is 10.1 Å². The Morgan fingerprint density at radius 1 is 0.880 bits per heavy atom. The van der Waals surface area contributed by atoms with E-state index in [4.69, 9.17) is 23.8 Å². The van der Waals surface area contributed by atoms with Crippen molar-refractivity contribution >= 4 is 34.6 Å². The lowest BCUT2D eigenvalue weighted by Gasteiger charge is -2.22. The van der Waals surface area contributed by atoms with E-state index in [1.54, 1.807) is 0 Å². The summed E-state index contributed by atoms with van der Waals surface area (Å²) in [5.74, 6) is 0. The maximum absolute atomic E-state index is 5.93. The molecule has 0 heterocycles. The van der Waals surface area contributed by atoms with E-state index in [9.17, 15) is 0 Å². The molecule has 2 nitrogen and oxygen atoms in total. The second-order valence-electron chi connectivity index (χ2n) is 5.86. The van der Waals surface area contributed by atoms with Gasteiger partial charge < -0.3 is 10.6 Å². The molecule has 0 aliphatic carbocycles. The van der Waals surface area contributed by atoms with Crippen LogP contribution in [0.1, 0.15) is 22.7 Å². The zero-order valence-corrected chi connectivity index (χ0v) is 15.4. The summed E-state index contributed by atoms with van der Waals surface area (Å²) in [6.07, 6.45) is 0. The van der Waals surface area contributed by atoms with Gasteiger partial charge in [0, 0.05) is 10.7 Å². The molecule has 0 fully saturated rings. The number of thiocarbonyl (C=S) groups is 1. The van der Waals surface area contributed by atoms with Crippen molar-refractivity contribution < 1.29 is 0 Å². The van der Waals surface area contributed by atoms with Gasteiger partial charge >= 0.3 is 0 Å². The van der Waals surface area contributed by atoms with E-state index in [1.165, 1.54) is 11.1 Å². The van der Waals surface area contributed by atoms with Crippen molar-refractivity contribution in [1.82, 2.24) is 5.32 Å². The number of hydrogen-bond acceptors (Lipinski definition) is 1. The molecule has 25 heavy (non-hydrogen) atoms. The Balaban J connectivity index is 1.82. The van der Waals surface area contributed by atoms with Crippen molar-refractivity contribution in [2.24, 2.45) is 0 Å². The van der Waals surface area contributed by atoms with Gasteiger partial charge in [0.15, 0.2) is 5.11 Å². The molecule has 3 aromatic carbocycles. The molecule has 0 aliphatic rings. The van der Waals surface area contributed by atoms with Gasteiger partial charge in [-0.3, -0.25) is 0 Å². The Bertz CT molecular complexity index is 847. The van der Waals surface area contributed by atoms with Crippen LogP contribution in [-0.2, 0) is 0 Å². The molecule has 3 aromatic rings. The fourth-order valence-corrected chi connectivity index (χ4v) is 3.05. The van der Waals surface area contributed by atoms with E-state index < -0.39 is 0 Å². The first-order valence-electron chi connectivity index (χ1n) is 8.06. The molecule has 0 bridgehead atoms. The average Bonchev–Trinajstić information content (AvgIpc) is 2.62. The molecule has 0 saturated carbocycles. The third-order valence-corrected chi connectivity index (χ3v) is 4.36. The van der Waals surface area contributed by atoms with Crippen molar-refractivity contribution in [2.75, 3.05) is 5.32 Å². The van der Waals surface area contributed by atoms with Gasteiger partial charge in [-0.2, -0.15) is 0 Å². The van der Waals surface area contributed by atoms with Crippen LogP contribution < -0.4 is 10.6 Å². The lowest BCUT2D eigenvalue weighted by molar-refractivity contribution is 0.768. The smallest absolute Gasteiger partial charge is 0.171 e. The highest BCUT2D eigenvalue weighted by molar-refractivity contribution is 7.80. The first kappa shape index (κ1) is 17.5. The van der Waals surface area contributed by atoms with Gasteiger partial charge in [0.2, 0.25) is 0 Å². The molecule has 4 heteroatoms. The zero-order valence-electron chi connectivity index (χ0n) is 13.9. The van der Waals surface area contributed by atoms with Crippen molar-refractivity contribution in [3.8, 4) is 0 Å². The molecular weight excluding hydrogens is 348 g/mol. The Morgan fingerprint density at radius 3 is 2.24 bits per heavy atom. The maximum atomic E-state index is 5.93. The van der Waals surface area contributed by atoms with Crippen LogP contribution in [0.2, 0.25) is 5.02 Å². The number of hydrogen-bond donors (Lipinski definition) is 2. The minimum atomic E-state index is -0.0200. The first-order chi connectivity index (χ1) is 12.1. The van der Waals surface area contributed by atoms with Gasteiger partial charge in [0.25, 0.3) is 0 Å². The third-order valence-electron chi connectivity index (χ3n) is 3.89. The summed E-state index contributed by atoms with van der Waals surface area (Å²) in [4.78, 5) is 0. The summed E-state index contributed by atoms with van der Waals surface area (Å²) >= 11 is 11.5. The minimum Gasteiger partial charge on any atom is -0.352 e. The number of halogens is 1. The quantitative estimate of drug-likeness (QED) is 0.577. The van der Waals surface area contributed by atoms with Crippen LogP contribution >= 0.6 is 23.8 Å². The maximum Gasteiger partial charge on any atom is 0.171 e. The van der Waals surface area contributed by atoms with E-state index in [0.717, 1.165) is 11.3 Å². The van der Waals surface area contributed by atoms with Crippen LogP contribution in [0.5, 0.6) is 0 Å². The molecular formula is C21H19ClN2S. The van der Waals surface area contributed by atoms with Gasteiger partial charge in [-0.05, 0) is 54.5 Å². The van der Waals surface area contributed by atoms with E-state index in [1.807, 2.05) is 42.5 Å². The number of benzene rings is 3. The SMILES string of the molecule is Cc1cccc([C@@H](NC(=S)Nc2ccc(Cl)cc2)c2ccccc2)c1. The predicted molar refractivity (Wildman–Crippen MR) is 110 cm³/mol. The highest BCUT2D eigenvalue weighted by atomic mass is 35.5. The molecule has 0 aromatic heterocycles. The Morgan fingerprint density at radius 2 is 1.56 bits per heavy atom. The van der Waals surface area contributed by atoms with Gasteiger partial charge in [0.05, 0.1) is 6.04 Å². The third kappa shape index (κ3) is 4.81. The van der Waals surface area contributed by atoms with Crippen LogP contribution in [0.4, 0.5) is 5.69 Å². The Hall–Kier alpha value is -2.36. The predicted octanol–water partition coefficient (Wildman–Crippen LogP) is 5.72. The van der Waals surface area contributed by atoms with Crippen LogP contribution in [0.3, 0.4) is 0 Å². The molecule has 0 spiro atoms. The van der Waals surface area contributed by atoms with Crippen molar-refractivity contribution in [1.29, 1.82) is 0 Å². The summed E-state index contributed by atoms with van der Waals surface area (Å²) in [6.45, 7) is 2.09. The van der Waals surface area contributed by atoms with Crippen LogP contribution in [0, 0.1) is 6.92 Å². The number of rotatable bonds is 4. The summed E-state index contributed by atoms with van der Waals surface area (Å²) in [5, 5.41) is 7.91. The van der Waals surface area contributed by atoms with Gasteiger partial charge in [-0.1, -0.05) is 71.8 Å². The van der Waals surface area contributed by atoms with Gasteiger partial charge in [-0.25, -0.2) is 0 Å². The van der Waals surface area contributed by atoms with Crippen LogP contribution in [0.25, 0.3) is 0 Å². The second-order valence-corrected chi connectivity index (χ2v) is 6.71. The first-order valence-corrected chi connectivity index (χ1v) is 8.85. The fraction of sp³-hybridized carbons (Fsp3) is 0.0952. The lowest BCUT2D eigenvalue weighted by Crippen LogP contribution is -2.33. The Labute approximate surface area is 158 Å². The summed E-state index contributed by atoms with van der Waals surface area (Å²) in [7, 11) is 0. The van der Waals surface area contributed by atoms with Crippen molar-refractivity contribution in [2.45, 2.75) is 13.0 Å². The van der Waals surface area contributed by atoms with E-state index in [2.05, 4.69) is 54.0 Å². The van der Waals surface area contributed by atoms with Crippen molar-refractivity contribution in [3.05, 3.63) is 101 Å². The van der Waals surface area contributed by atoms with Gasteiger partial charge in [-0.15, -0.1) is 0 Å². The monoisotopic (exact) mass is 366 g/mol. The standard InChI is InChI=1S/C21H19ClN2S/c1-15-6-5-9-17(14-15)20(16-7-3-2-4-8-16)24-21(25)23-19-12-10-18(22)11-13-19/h2-14,20H,1H3,(H2,23,24,25)/t20-/m0/s1. The Kier molecular flexibility index (Phi) is 5.69. The molecule has 0 saturated heterocycles. The number of nitrogens with one attached hydrogen (secondary N) is 2. The molecule has 0 aliphatic heterocycles. The molecule has 2 N–H and O–H groups in total. The molecule has 0 radical (unpaired) electrons. The lowest BCUT2D eigenvalue weighted by atomic mass is 9.97. The minimum absolute atomic E-state index is 0.0200. The van der Waals surface area contributed by atoms with Gasteiger partial charge in [0.1, 0.15) is 0 Å². The zero-order chi connectivity index (χ0) is 17.6. The summed E-state index contributed by atoms with van der Waals surface area (Å²) < 4.78 is 0. The highest BCUT2D eigenvalue weighted by Gasteiger charge is 2.15. The average molecular weight is 367 g/mol. The number of anilines is 1. The topological polar surface area (TPSA) is 24.1 Å². The van der Waals surface area contributed by atoms with E-state index in [-0.39, 0.29) is 6.04 Å². The summed E-state index contributed by atoms with van der Waals surface area (Å²) in [5.41, 5.74) is 4.45. The largest absolute Gasteiger partial charge is 0.352 e. The number of aryl methyl sites for hydroxylation is 1.